The van der Waals surface area contributed by atoms with Gasteiger partial charge in [0.15, 0.2) is 0 Å². The Bertz CT molecular complexity index is 910. The molecule has 3 aromatic rings. The van der Waals surface area contributed by atoms with Gasteiger partial charge in [-0.3, -0.25) is 4.79 Å². The fourth-order valence-corrected chi connectivity index (χ4v) is 3.24. The highest BCUT2D eigenvalue weighted by molar-refractivity contribution is 5.85. The molecule has 0 atom stereocenters. The summed E-state index contributed by atoms with van der Waals surface area (Å²) in [6, 6.07) is 25.9. The zero-order chi connectivity index (χ0) is 18.0. The third kappa shape index (κ3) is 3.21. The number of rotatable bonds is 6. The predicted octanol–water partition coefficient (Wildman–Crippen LogP) is 5.05. The molecule has 1 aliphatic rings. The topological polar surface area (TPSA) is 46.5 Å². The van der Waals surface area contributed by atoms with Crippen molar-refractivity contribution in [2.75, 3.05) is 0 Å². The fraction of sp³-hybridized carbons (Fsp3) is 0.174. The summed E-state index contributed by atoms with van der Waals surface area (Å²) in [5.74, 6) is 0.0983. The lowest BCUT2D eigenvalue weighted by Gasteiger charge is -2.12. The van der Waals surface area contributed by atoms with Gasteiger partial charge in [0.25, 0.3) is 0 Å². The molecule has 0 radical (unpaired) electrons. The minimum absolute atomic E-state index is 0.532. The molecule has 0 aromatic heterocycles. The molecule has 3 heteroatoms. The van der Waals surface area contributed by atoms with E-state index in [4.69, 9.17) is 4.74 Å². The van der Waals surface area contributed by atoms with Crippen LogP contribution in [-0.4, -0.2) is 11.1 Å². The molecule has 0 amide bonds. The van der Waals surface area contributed by atoms with Crippen LogP contribution < -0.4 is 4.74 Å². The molecule has 0 bridgehead atoms. The van der Waals surface area contributed by atoms with Crippen LogP contribution in [0.4, 0.5) is 0 Å². The van der Waals surface area contributed by atoms with E-state index >= 15 is 0 Å². The van der Waals surface area contributed by atoms with E-state index in [2.05, 4.69) is 0 Å². The lowest BCUT2D eigenvalue weighted by atomic mass is 9.94. The minimum atomic E-state index is -0.721. The average Bonchev–Trinajstić information content (AvgIpc) is 3.50. The van der Waals surface area contributed by atoms with Crippen molar-refractivity contribution >= 4 is 5.97 Å². The van der Waals surface area contributed by atoms with Gasteiger partial charge in [-0.15, -0.1) is 0 Å². The Morgan fingerprint density at radius 2 is 1.62 bits per heavy atom. The average molecular weight is 344 g/mol. The molecule has 0 heterocycles. The van der Waals surface area contributed by atoms with E-state index in [1.807, 2.05) is 78.9 Å². The monoisotopic (exact) mass is 344 g/mol. The second-order valence-electron chi connectivity index (χ2n) is 6.77. The quantitative estimate of drug-likeness (QED) is 0.681. The zero-order valence-electron chi connectivity index (χ0n) is 14.4. The molecule has 26 heavy (non-hydrogen) atoms. The van der Waals surface area contributed by atoms with Crippen molar-refractivity contribution < 1.29 is 14.6 Å². The second-order valence-corrected chi connectivity index (χ2v) is 6.77. The van der Waals surface area contributed by atoms with Crippen LogP contribution in [0.25, 0.3) is 11.1 Å². The molecule has 4 rings (SSSR count). The summed E-state index contributed by atoms with van der Waals surface area (Å²) in [7, 11) is 0. The Labute approximate surface area is 152 Å². The molecular weight excluding hydrogens is 324 g/mol. The van der Waals surface area contributed by atoms with E-state index in [0.29, 0.717) is 6.61 Å². The molecule has 0 aliphatic heterocycles. The van der Waals surface area contributed by atoms with Crippen LogP contribution in [0.2, 0.25) is 0 Å². The van der Waals surface area contributed by atoms with Crippen molar-refractivity contribution in [3.63, 3.8) is 0 Å². The number of carboxylic acids is 1. The van der Waals surface area contributed by atoms with Gasteiger partial charge in [0.1, 0.15) is 12.4 Å². The number of benzene rings is 3. The van der Waals surface area contributed by atoms with Gasteiger partial charge in [-0.05, 0) is 47.2 Å². The van der Waals surface area contributed by atoms with Crippen molar-refractivity contribution in [2.24, 2.45) is 0 Å². The first-order valence-corrected chi connectivity index (χ1v) is 8.78. The Morgan fingerprint density at radius 3 is 2.27 bits per heavy atom. The van der Waals surface area contributed by atoms with Crippen LogP contribution in [0.3, 0.4) is 0 Å². The Hall–Kier alpha value is -3.07. The van der Waals surface area contributed by atoms with Crippen molar-refractivity contribution in [1.29, 1.82) is 0 Å². The summed E-state index contributed by atoms with van der Waals surface area (Å²) in [5, 5.41) is 9.42. The van der Waals surface area contributed by atoms with E-state index in [0.717, 1.165) is 40.8 Å². The second kappa shape index (κ2) is 6.68. The van der Waals surface area contributed by atoms with Gasteiger partial charge in [-0.25, -0.2) is 0 Å². The number of ether oxygens (including phenoxy) is 1. The zero-order valence-corrected chi connectivity index (χ0v) is 14.4. The number of carboxylic acid groups (broad SMARTS) is 1. The van der Waals surface area contributed by atoms with Crippen LogP contribution in [-0.2, 0) is 16.8 Å². The van der Waals surface area contributed by atoms with Gasteiger partial charge < -0.3 is 9.84 Å². The van der Waals surface area contributed by atoms with Crippen molar-refractivity contribution in [3.8, 4) is 16.9 Å². The largest absolute Gasteiger partial charge is 0.489 e. The minimum Gasteiger partial charge on any atom is -0.489 e. The van der Waals surface area contributed by atoms with Gasteiger partial charge >= 0.3 is 5.97 Å². The number of hydrogen-bond acceptors (Lipinski definition) is 2. The van der Waals surface area contributed by atoms with Crippen molar-refractivity contribution in [1.82, 2.24) is 0 Å². The smallest absolute Gasteiger partial charge is 0.314 e. The first-order chi connectivity index (χ1) is 12.7. The highest BCUT2D eigenvalue weighted by Gasteiger charge is 2.51. The third-order valence-electron chi connectivity index (χ3n) is 5.01. The lowest BCUT2D eigenvalue weighted by molar-refractivity contribution is -0.140. The summed E-state index contributed by atoms with van der Waals surface area (Å²) < 4.78 is 5.90. The van der Waals surface area contributed by atoms with Gasteiger partial charge in [0.05, 0.1) is 5.41 Å². The molecule has 1 fully saturated rings. The molecule has 1 saturated carbocycles. The maximum atomic E-state index is 11.5. The summed E-state index contributed by atoms with van der Waals surface area (Å²) in [6.07, 6.45) is 1.45. The predicted molar refractivity (Wildman–Crippen MR) is 101 cm³/mol. The molecule has 0 spiro atoms. The third-order valence-corrected chi connectivity index (χ3v) is 5.01. The van der Waals surface area contributed by atoms with Gasteiger partial charge in [-0.1, -0.05) is 66.7 Å². The molecule has 1 N–H and O–H groups in total. The Morgan fingerprint density at radius 1 is 0.885 bits per heavy atom. The standard InChI is InChI=1S/C23H20O3/c24-22(25)23(13-14-23)20-11-9-18(10-12-20)19-7-4-8-21(15-19)26-16-17-5-2-1-3-6-17/h1-12,15H,13-14,16H2,(H,24,25). The number of hydrogen-bond donors (Lipinski definition) is 1. The van der Waals surface area contributed by atoms with Gasteiger partial charge in [-0.2, -0.15) is 0 Å². The molecule has 0 unspecified atom stereocenters. The fourth-order valence-electron chi connectivity index (χ4n) is 3.24. The van der Waals surface area contributed by atoms with Crippen LogP contribution in [0.1, 0.15) is 24.0 Å². The summed E-state index contributed by atoms with van der Waals surface area (Å²) in [5.41, 5.74) is 3.48. The van der Waals surface area contributed by atoms with Crippen LogP contribution in [0.15, 0.2) is 78.9 Å². The first kappa shape index (κ1) is 16.4. The maximum absolute atomic E-state index is 11.5. The summed E-state index contributed by atoms with van der Waals surface area (Å²) in [4.78, 5) is 11.5. The Kier molecular flexibility index (Phi) is 4.21. The molecule has 3 aromatic carbocycles. The summed E-state index contributed by atoms with van der Waals surface area (Å²) >= 11 is 0. The van der Waals surface area contributed by atoms with Crippen LogP contribution in [0, 0.1) is 0 Å². The van der Waals surface area contributed by atoms with Crippen molar-refractivity contribution in [2.45, 2.75) is 24.9 Å². The maximum Gasteiger partial charge on any atom is 0.314 e. The number of carbonyl (C=O) groups is 1. The SMILES string of the molecule is O=C(O)C1(c2ccc(-c3cccc(OCc4ccccc4)c3)cc2)CC1. The number of aliphatic carboxylic acids is 1. The lowest BCUT2D eigenvalue weighted by Crippen LogP contribution is -2.19. The van der Waals surface area contributed by atoms with Gasteiger partial charge in [0, 0.05) is 0 Å². The first-order valence-electron chi connectivity index (χ1n) is 8.78. The molecular formula is C23H20O3. The molecule has 1 aliphatic carbocycles. The molecule has 3 nitrogen and oxygen atoms in total. The van der Waals surface area contributed by atoms with Gasteiger partial charge in [0.2, 0.25) is 0 Å². The van der Waals surface area contributed by atoms with E-state index in [-0.39, 0.29) is 0 Å². The molecule has 130 valence electrons. The van der Waals surface area contributed by atoms with Crippen molar-refractivity contribution in [3.05, 3.63) is 90.0 Å². The van der Waals surface area contributed by atoms with E-state index in [9.17, 15) is 9.90 Å². The van der Waals surface area contributed by atoms with Crippen LogP contribution >= 0.6 is 0 Å². The van der Waals surface area contributed by atoms with Crippen LogP contribution in [0.5, 0.6) is 5.75 Å². The van der Waals surface area contributed by atoms with E-state index in [1.165, 1.54) is 0 Å². The highest BCUT2D eigenvalue weighted by Crippen LogP contribution is 2.48. The van der Waals surface area contributed by atoms with E-state index in [1.54, 1.807) is 0 Å². The molecule has 0 saturated heterocycles. The van der Waals surface area contributed by atoms with E-state index < -0.39 is 11.4 Å². The highest BCUT2D eigenvalue weighted by atomic mass is 16.5. The normalized spacial score (nSPS) is 14.6. The Balaban J connectivity index is 1.50. The summed E-state index contributed by atoms with van der Waals surface area (Å²) in [6.45, 7) is 0.532.